The fraction of sp³-hybridized carbons (Fsp3) is 0.838. The van der Waals surface area contributed by atoms with Crippen LogP contribution in [0, 0.1) is 39.9 Å². The molecule has 0 nitrogen and oxygen atoms in total. The van der Waals surface area contributed by atoms with Crippen LogP contribution in [0.2, 0.25) is 0 Å². The van der Waals surface area contributed by atoms with Gasteiger partial charge < -0.3 is 0 Å². The maximum Gasteiger partial charge on any atom is 0.270 e. The van der Waals surface area contributed by atoms with Gasteiger partial charge in [-0.25, -0.2) is 8.78 Å². The van der Waals surface area contributed by atoms with Gasteiger partial charge in [0.1, 0.15) is 0 Å². The molecule has 0 atom stereocenters. The van der Waals surface area contributed by atoms with Gasteiger partial charge in [-0.15, -0.1) is 0 Å². The molecule has 0 spiro atoms. The van der Waals surface area contributed by atoms with Crippen molar-refractivity contribution >= 4 is 0 Å². The summed E-state index contributed by atoms with van der Waals surface area (Å²) in [5.41, 5.74) is 2.47. The average Bonchev–Trinajstić information content (AvgIpc) is 2.75. The predicted molar refractivity (Wildman–Crippen MR) is 170 cm³/mol. The molecule has 2 fully saturated rings. The Morgan fingerprint density at radius 1 is 0.538 bits per heavy atom. The molecule has 0 radical (unpaired) electrons. The molecule has 1 aromatic carbocycles. The average molecular weight is 549 g/mol. The van der Waals surface area contributed by atoms with Crippen LogP contribution in [-0.4, -0.2) is 0 Å². The molecule has 0 saturated heterocycles. The Morgan fingerprint density at radius 2 is 0.872 bits per heavy atom. The van der Waals surface area contributed by atoms with E-state index >= 15 is 0 Å². The van der Waals surface area contributed by atoms with Gasteiger partial charge in [-0.3, -0.25) is 0 Å². The highest BCUT2D eigenvalue weighted by Crippen LogP contribution is 2.37. The Balaban J connectivity index is 0.000000295. The normalized spacial score (nSPS) is 24.7. The summed E-state index contributed by atoms with van der Waals surface area (Å²) >= 11 is 0. The number of hydrogen-bond acceptors (Lipinski definition) is 0. The quantitative estimate of drug-likeness (QED) is 0.351. The lowest BCUT2D eigenvalue weighted by Crippen LogP contribution is -2.18. The first-order valence-electron chi connectivity index (χ1n) is 16.1. The molecule has 0 heterocycles. The highest BCUT2D eigenvalue weighted by molar-refractivity contribution is 5.26. The van der Waals surface area contributed by atoms with Crippen molar-refractivity contribution in [2.45, 2.75) is 160 Å². The van der Waals surface area contributed by atoms with Crippen molar-refractivity contribution in [3.8, 4) is 0 Å². The topological polar surface area (TPSA) is 0 Å². The van der Waals surface area contributed by atoms with E-state index in [2.05, 4.69) is 76.2 Å². The smallest absolute Gasteiger partial charge is 0.202 e. The second-order valence-corrected chi connectivity index (χ2v) is 17.1. The summed E-state index contributed by atoms with van der Waals surface area (Å²) < 4.78 is 25.8. The van der Waals surface area contributed by atoms with Crippen LogP contribution in [0.3, 0.4) is 0 Å². The van der Waals surface area contributed by atoms with Crippen LogP contribution in [-0.2, 0) is 12.3 Å². The summed E-state index contributed by atoms with van der Waals surface area (Å²) in [6, 6.07) is 6.61. The van der Waals surface area contributed by atoms with Gasteiger partial charge in [-0.05, 0) is 64.7 Å². The van der Waals surface area contributed by atoms with E-state index in [0.29, 0.717) is 10.8 Å². The van der Waals surface area contributed by atoms with Crippen molar-refractivity contribution in [1.29, 1.82) is 0 Å². The van der Waals surface area contributed by atoms with E-state index in [9.17, 15) is 8.78 Å². The zero-order valence-electron chi connectivity index (χ0n) is 28.2. The molecule has 0 aliphatic heterocycles. The maximum atomic E-state index is 12.9. The monoisotopic (exact) mass is 549 g/mol. The SMILES string of the molecule is CC(C)(C)Cc1ccc(C(C)(F)F)cc1.CC1CCC(CC(C)(C)C)CC1.CC1CCC(CC(C)(C)C)CC1. The third-order valence-corrected chi connectivity index (χ3v) is 8.27. The molecule has 0 unspecified atom stereocenters. The minimum absolute atomic E-state index is 0.0835. The molecule has 1 aromatic rings. The van der Waals surface area contributed by atoms with Gasteiger partial charge in [0, 0.05) is 12.5 Å². The van der Waals surface area contributed by atoms with Gasteiger partial charge in [0.2, 0.25) is 0 Å². The fourth-order valence-electron chi connectivity index (χ4n) is 6.33. The van der Waals surface area contributed by atoms with Gasteiger partial charge in [0.15, 0.2) is 0 Å². The highest BCUT2D eigenvalue weighted by atomic mass is 19.3. The second kappa shape index (κ2) is 15.3. The first kappa shape index (κ1) is 36.1. The third-order valence-electron chi connectivity index (χ3n) is 8.27. The first-order chi connectivity index (χ1) is 17.6. The van der Waals surface area contributed by atoms with Crippen molar-refractivity contribution in [3.05, 3.63) is 35.4 Å². The van der Waals surface area contributed by atoms with Crippen molar-refractivity contribution in [1.82, 2.24) is 0 Å². The second-order valence-electron chi connectivity index (χ2n) is 17.1. The van der Waals surface area contributed by atoms with Crippen LogP contribution < -0.4 is 0 Å². The Labute approximate surface area is 243 Å². The number of hydrogen-bond donors (Lipinski definition) is 0. The molecule has 2 aliphatic carbocycles. The van der Waals surface area contributed by atoms with Gasteiger partial charge in [-0.2, -0.15) is 0 Å². The zero-order chi connectivity index (χ0) is 30.1. The number of rotatable bonds is 4. The van der Waals surface area contributed by atoms with E-state index in [1.807, 2.05) is 0 Å². The summed E-state index contributed by atoms with van der Waals surface area (Å²) in [5, 5.41) is 0. The van der Waals surface area contributed by atoms with Gasteiger partial charge in [-0.1, -0.05) is 152 Å². The predicted octanol–water partition coefficient (Wildman–Crippen LogP) is 12.9. The lowest BCUT2D eigenvalue weighted by Gasteiger charge is -2.31. The molecular weight excluding hydrogens is 482 g/mol. The van der Waals surface area contributed by atoms with Crippen molar-refractivity contribution in [3.63, 3.8) is 0 Å². The van der Waals surface area contributed by atoms with Crippen LogP contribution in [0.5, 0.6) is 0 Å². The number of alkyl halides is 2. The van der Waals surface area contributed by atoms with Crippen molar-refractivity contribution in [2.24, 2.45) is 39.9 Å². The van der Waals surface area contributed by atoms with Crippen LogP contribution in [0.1, 0.15) is 158 Å². The molecule has 0 bridgehead atoms. The summed E-state index contributed by atoms with van der Waals surface area (Å²) in [4.78, 5) is 0. The fourth-order valence-corrected chi connectivity index (χ4v) is 6.33. The highest BCUT2D eigenvalue weighted by Gasteiger charge is 2.25. The van der Waals surface area contributed by atoms with Gasteiger partial charge in [0.05, 0.1) is 0 Å². The van der Waals surface area contributed by atoms with E-state index in [0.717, 1.165) is 42.6 Å². The van der Waals surface area contributed by atoms with Gasteiger partial charge >= 0.3 is 0 Å². The molecule has 3 rings (SSSR count). The molecule has 0 amide bonds. The Kier molecular flexibility index (Phi) is 14.2. The van der Waals surface area contributed by atoms with E-state index in [4.69, 9.17) is 0 Å². The lowest BCUT2D eigenvalue weighted by molar-refractivity contribution is 0.0174. The summed E-state index contributed by atoms with van der Waals surface area (Å²) in [5.74, 6) is 1.32. The Hall–Kier alpha value is -0.920. The molecular formula is C37H66F2. The van der Waals surface area contributed by atoms with E-state index in [-0.39, 0.29) is 11.0 Å². The number of halogens is 2. The van der Waals surface area contributed by atoms with E-state index in [1.54, 1.807) is 12.1 Å². The van der Waals surface area contributed by atoms with Crippen molar-refractivity contribution in [2.75, 3.05) is 0 Å². The lowest BCUT2D eigenvalue weighted by atomic mass is 9.75. The Bertz CT molecular complexity index is 729. The van der Waals surface area contributed by atoms with Gasteiger partial charge in [0.25, 0.3) is 5.92 Å². The summed E-state index contributed by atoms with van der Waals surface area (Å²) in [7, 11) is 0. The minimum Gasteiger partial charge on any atom is -0.202 e. The Morgan fingerprint density at radius 3 is 1.13 bits per heavy atom. The summed E-state index contributed by atoms with van der Waals surface area (Å²) in [6.07, 6.45) is 15.6. The molecule has 2 aliphatic rings. The molecule has 0 aromatic heterocycles. The first-order valence-corrected chi connectivity index (χ1v) is 16.1. The molecule has 2 heteroatoms. The third kappa shape index (κ3) is 18.2. The number of benzene rings is 1. The zero-order valence-corrected chi connectivity index (χ0v) is 28.2. The van der Waals surface area contributed by atoms with Crippen LogP contribution >= 0.6 is 0 Å². The molecule has 228 valence electrons. The largest absolute Gasteiger partial charge is 0.270 e. The molecule has 2 saturated carbocycles. The standard InChI is InChI=1S/C13H18F2.2C12H24/c1-12(2,3)9-10-5-7-11(8-6-10)13(4,14)15;2*1-10-5-7-11(8-6-10)9-12(2,3)4/h5-8H,9H2,1-4H3;2*10-11H,5-9H2,1-4H3. The van der Waals surface area contributed by atoms with E-state index < -0.39 is 5.92 Å². The minimum atomic E-state index is -2.74. The van der Waals surface area contributed by atoms with Crippen LogP contribution in [0.4, 0.5) is 8.78 Å². The van der Waals surface area contributed by atoms with Crippen LogP contribution in [0.25, 0.3) is 0 Å². The van der Waals surface area contributed by atoms with E-state index in [1.165, 1.54) is 76.3 Å². The maximum absolute atomic E-state index is 12.9. The molecule has 0 N–H and O–H groups in total. The summed E-state index contributed by atoms with van der Waals surface area (Å²) in [6.45, 7) is 26.3. The van der Waals surface area contributed by atoms with Crippen molar-refractivity contribution < 1.29 is 8.78 Å². The van der Waals surface area contributed by atoms with Crippen LogP contribution in [0.15, 0.2) is 24.3 Å². The molecule has 39 heavy (non-hydrogen) atoms.